The lowest BCUT2D eigenvalue weighted by molar-refractivity contribution is -0.120. The molecule has 0 bridgehead atoms. The lowest BCUT2D eigenvalue weighted by Crippen LogP contribution is -2.50. The molecule has 156 valence electrons. The molecule has 0 spiro atoms. The topological polar surface area (TPSA) is 116 Å². The number of nitrogens with zero attached hydrogens (tertiary/aromatic N) is 3. The van der Waals surface area contributed by atoms with E-state index in [1.165, 1.54) is 12.0 Å². The van der Waals surface area contributed by atoms with Gasteiger partial charge < -0.3 is 28.8 Å². The highest BCUT2D eigenvalue weighted by molar-refractivity contribution is 6.01. The summed E-state index contributed by atoms with van der Waals surface area (Å²) in [6, 6.07) is 2.40. The number of hydrogen-bond donors (Lipinski definition) is 1. The first kappa shape index (κ1) is 20.4. The van der Waals surface area contributed by atoms with Crippen LogP contribution < -0.4 is 19.7 Å². The number of carbonyl (C=O) groups is 2. The Bertz CT molecular complexity index is 933. The first-order valence-corrected chi connectivity index (χ1v) is 9.01. The molecule has 1 atom stereocenters. The Balaban J connectivity index is 1.91. The highest BCUT2D eigenvalue weighted by atomic mass is 16.6. The van der Waals surface area contributed by atoms with Gasteiger partial charge in [-0.2, -0.15) is 0 Å². The van der Waals surface area contributed by atoms with Crippen molar-refractivity contribution < 1.29 is 28.2 Å². The van der Waals surface area contributed by atoms with Crippen LogP contribution in [0.15, 0.2) is 16.5 Å². The third-order valence-corrected chi connectivity index (χ3v) is 4.12. The van der Waals surface area contributed by atoms with E-state index in [2.05, 4.69) is 15.5 Å². The molecule has 0 saturated carbocycles. The van der Waals surface area contributed by atoms with E-state index in [9.17, 15) is 9.59 Å². The molecule has 0 aliphatic carbocycles. The molecule has 1 N–H and O–H groups in total. The van der Waals surface area contributed by atoms with Crippen molar-refractivity contribution in [3.63, 3.8) is 0 Å². The first-order valence-electron chi connectivity index (χ1n) is 9.01. The molecule has 10 nitrogen and oxygen atoms in total. The zero-order valence-electron chi connectivity index (χ0n) is 17.2. The summed E-state index contributed by atoms with van der Waals surface area (Å²) in [7, 11) is 3.10. The van der Waals surface area contributed by atoms with Gasteiger partial charge in [-0.05, 0) is 26.8 Å². The summed E-state index contributed by atoms with van der Waals surface area (Å²) < 4.78 is 21.9. The lowest BCUT2D eigenvalue weighted by Gasteiger charge is -2.23. The maximum Gasteiger partial charge on any atom is 0.408 e. The van der Waals surface area contributed by atoms with Gasteiger partial charge in [0.25, 0.3) is 11.8 Å². The van der Waals surface area contributed by atoms with E-state index in [1.54, 1.807) is 46.9 Å². The Kier molecular flexibility index (Phi) is 5.36. The number of aromatic nitrogens is 2. The number of likely N-dealkylation sites (N-methyl/N-ethyl adjacent to an activating group) is 1. The second-order valence-electron chi connectivity index (χ2n) is 7.55. The summed E-state index contributed by atoms with van der Waals surface area (Å²) >= 11 is 0. The number of carbonyl (C=O) groups excluding carboxylic acids is 2. The number of fused-ring (bicyclic) bond motifs is 1. The van der Waals surface area contributed by atoms with Crippen LogP contribution in [-0.4, -0.2) is 54.6 Å². The maximum absolute atomic E-state index is 12.9. The number of aryl methyl sites for hydroxylation is 1. The van der Waals surface area contributed by atoms with E-state index >= 15 is 0 Å². The van der Waals surface area contributed by atoms with Crippen LogP contribution in [0.4, 0.5) is 10.5 Å². The second kappa shape index (κ2) is 7.61. The van der Waals surface area contributed by atoms with E-state index in [1.807, 2.05) is 0 Å². The summed E-state index contributed by atoms with van der Waals surface area (Å²) in [4.78, 5) is 26.4. The van der Waals surface area contributed by atoms with Gasteiger partial charge in [0.2, 0.25) is 5.89 Å². The molecule has 10 heteroatoms. The molecule has 1 aliphatic rings. The van der Waals surface area contributed by atoms with Crippen molar-refractivity contribution >= 4 is 17.7 Å². The van der Waals surface area contributed by atoms with Gasteiger partial charge >= 0.3 is 6.09 Å². The average Bonchev–Trinajstić information content (AvgIpc) is 3.03. The predicted molar refractivity (Wildman–Crippen MR) is 103 cm³/mol. The van der Waals surface area contributed by atoms with Crippen molar-refractivity contribution in [1.29, 1.82) is 0 Å². The number of nitrogens with one attached hydrogen (secondary N) is 1. The molecular weight excluding hydrogens is 380 g/mol. The van der Waals surface area contributed by atoms with Gasteiger partial charge in [0.05, 0.1) is 18.4 Å². The standard InChI is InChI=1S/C19H24N4O6/c1-10-21-22-16(28-10)11-7-13-15(8-14(11)26-6)27-9-12(17(24)23(13)5)20-18(25)29-19(2,3)4/h7-8,12H,9H2,1-6H3,(H,20,25). The quantitative estimate of drug-likeness (QED) is 0.828. The number of alkyl carbamates (subject to hydrolysis) is 1. The largest absolute Gasteiger partial charge is 0.496 e. The lowest BCUT2D eigenvalue weighted by atomic mass is 10.1. The number of amides is 2. The van der Waals surface area contributed by atoms with Gasteiger partial charge in [0, 0.05) is 20.0 Å². The molecule has 2 heterocycles. The minimum atomic E-state index is -0.914. The van der Waals surface area contributed by atoms with Crippen molar-refractivity contribution in [3.8, 4) is 23.0 Å². The highest BCUT2D eigenvalue weighted by Gasteiger charge is 2.33. The van der Waals surface area contributed by atoms with Crippen LogP contribution in [-0.2, 0) is 9.53 Å². The van der Waals surface area contributed by atoms with Crippen LogP contribution in [0.3, 0.4) is 0 Å². The average molecular weight is 404 g/mol. The van der Waals surface area contributed by atoms with Crippen molar-refractivity contribution in [1.82, 2.24) is 15.5 Å². The Labute approximate surface area is 168 Å². The highest BCUT2D eigenvalue weighted by Crippen LogP contribution is 2.41. The van der Waals surface area contributed by atoms with Gasteiger partial charge in [0.15, 0.2) is 0 Å². The molecule has 1 aromatic carbocycles. The summed E-state index contributed by atoms with van der Waals surface area (Å²) in [6.45, 7) is 6.85. The normalized spacial score (nSPS) is 16.6. The SMILES string of the molecule is COc1cc2c(cc1-c1nnc(C)o1)N(C)C(=O)C(NC(=O)OC(C)(C)C)CO2. The molecule has 1 aromatic heterocycles. The van der Waals surface area contributed by atoms with Crippen LogP contribution in [0.5, 0.6) is 11.5 Å². The zero-order chi connectivity index (χ0) is 21.3. The molecule has 0 radical (unpaired) electrons. The van der Waals surface area contributed by atoms with Crippen molar-refractivity contribution in [2.75, 3.05) is 25.7 Å². The van der Waals surface area contributed by atoms with Crippen LogP contribution in [0.1, 0.15) is 26.7 Å². The second-order valence-corrected chi connectivity index (χ2v) is 7.55. The van der Waals surface area contributed by atoms with E-state index in [-0.39, 0.29) is 18.4 Å². The predicted octanol–water partition coefficient (Wildman–Crippen LogP) is 2.30. The van der Waals surface area contributed by atoms with Crippen molar-refractivity contribution in [2.24, 2.45) is 0 Å². The molecule has 3 rings (SSSR count). The molecule has 0 fully saturated rings. The molecule has 29 heavy (non-hydrogen) atoms. The number of benzene rings is 1. The van der Waals surface area contributed by atoms with Gasteiger partial charge in [0.1, 0.15) is 29.7 Å². The van der Waals surface area contributed by atoms with Gasteiger partial charge in [-0.25, -0.2) is 4.79 Å². The van der Waals surface area contributed by atoms with E-state index in [0.29, 0.717) is 28.6 Å². The molecule has 2 aromatic rings. The third-order valence-electron chi connectivity index (χ3n) is 4.12. The number of anilines is 1. The smallest absolute Gasteiger partial charge is 0.408 e. The van der Waals surface area contributed by atoms with E-state index in [0.717, 1.165) is 0 Å². The number of methoxy groups -OCH3 is 1. The summed E-state index contributed by atoms with van der Waals surface area (Å²) in [5, 5.41) is 10.4. The molecule has 2 amide bonds. The van der Waals surface area contributed by atoms with Crippen molar-refractivity contribution in [3.05, 3.63) is 18.0 Å². The summed E-state index contributed by atoms with van der Waals surface area (Å²) in [5.74, 6) is 1.18. The van der Waals surface area contributed by atoms with Gasteiger partial charge in [-0.15, -0.1) is 10.2 Å². The fourth-order valence-electron chi connectivity index (χ4n) is 2.82. The monoisotopic (exact) mass is 404 g/mol. The summed E-state index contributed by atoms with van der Waals surface area (Å²) in [5.41, 5.74) is 0.321. The molecular formula is C19H24N4O6. The number of hydrogen-bond acceptors (Lipinski definition) is 8. The number of rotatable bonds is 3. The van der Waals surface area contributed by atoms with Crippen LogP contribution >= 0.6 is 0 Å². The fraction of sp³-hybridized carbons (Fsp3) is 0.474. The molecule has 0 saturated heterocycles. The third kappa shape index (κ3) is 4.41. The van der Waals surface area contributed by atoms with Gasteiger partial charge in [-0.1, -0.05) is 0 Å². The minimum absolute atomic E-state index is 0.0580. The van der Waals surface area contributed by atoms with E-state index < -0.39 is 17.7 Å². The molecule has 1 aliphatic heterocycles. The minimum Gasteiger partial charge on any atom is -0.496 e. The van der Waals surface area contributed by atoms with Crippen LogP contribution in [0.25, 0.3) is 11.5 Å². The number of ether oxygens (including phenoxy) is 3. The van der Waals surface area contributed by atoms with E-state index in [4.69, 9.17) is 18.6 Å². The maximum atomic E-state index is 12.9. The Morgan fingerprint density at radius 3 is 2.62 bits per heavy atom. The first-order chi connectivity index (χ1) is 13.6. The Hall–Kier alpha value is -3.30. The van der Waals surface area contributed by atoms with Crippen molar-refractivity contribution in [2.45, 2.75) is 39.3 Å². The summed E-state index contributed by atoms with van der Waals surface area (Å²) in [6.07, 6.45) is -0.696. The fourth-order valence-corrected chi connectivity index (χ4v) is 2.82. The Morgan fingerprint density at radius 1 is 1.31 bits per heavy atom. The Morgan fingerprint density at radius 2 is 2.03 bits per heavy atom. The zero-order valence-corrected chi connectivity index (χ0v) is 17.2. The van der Waals surface area contributed by atoms with Gasteiger partial charge in [-0.3, -0.25) is 4.79 Å². The van der Waals surface area contributed by atoms with Crippen LogP contribution in [0.2, 0.25) is 0 Å². The molecule has 1 unspecified atom stereocenters. The van der Waals surface area contributed by atoms with Crippen LogP contribution in [0, 0.1) is 6.92 Å².